The van der Waals surface area contributed by atoms with Crippen molar-refractivity contribution in [2.45, 2.75) is 25.7 Å². The van der Waals surface area contributed by atoms with E-state index in [1.54, 1.807) is 0 Å². The van der Waals surface area contributed by atoms with Gasteiger partial charge in [0.1, 0.15) is 0 Å². The lowest BCUT2D eigenvalue weighted by Crippen LogP contribution is -2.26. The first-order chi connectivity index (χ1) is 7.72. The van der Waals surface area contributed by atoms with E-state index in [1.807, 2.05) is 0 Å². The molecular formula is C8H14NO7P. The van der Waals surface area contributed by atoms with Gasteiger partial charge < -0.3 is 14.7 Å². The fourth-order valence-electron chi connectivity index (χ4n) is 2.14. The fourth-order valence-corrected chi connectivity index (χ4v) is 2.14. The van der Waals surface area contributed by atoms with Crippen molar-refractivity contribution < 1.29 is 34.0 Å². The molecule has 0 bridgehead atoms. The van der Waals surface area contributed by atoms with Gasteiger partial charge >= 0.3 is 7.82 Å². The van der Waals surface area contributed by atoms with Gasteiger partial charge in [-0.15, -0.1) is 0 Å². The molecule has 2 unspecified atom stereocenters. The standard InChI is InChI=1S/C8H11NO3.H3O4P/c10-7-5-3-1-2-4-6(5)8(11)9(7)12;1-5(2,3)4/h5-6,12H,1-4H2;(H3,1,2,3,4). The second-order valence-electron chi connectivity index (χ2n) is 4.00. The first-order valence-corrected chi connectivity index (χ1v) is 6.63. The number of amides is 2. The van der Waals surface area contributed by atoms with Crippen molar-refractivity contribution in [3.63, 3.8) is 0 Å². The summed E-state index contributed by atoms with van der Waals surface area (Å²) in [6, 6.07) is 0. The molecule has 2 amide bonds. The largest absolute Gasteiger partial charge is 0.466 e. The summed E-state index contributed by atoms with van der Waals surface area (Å²) in [6.45, 7) is 0. The molecule has 2 aliphatic rings. The van der Waals surface area contributed by atoms with E-state index in [1.165, 1.54) is 0 Å². The highest BCUT2D eigenvalue weighted by Gasteiger charge is 2.47. The van der Waals surface area contributed by atoms with Crippen molar-refractivity contribution in [2.75, 3.05) is 0 Å². The van der Waals surface area contributed by atoms with E-state index in [0.29, 0.717) is 5.06 Å². The third-order valence-electron chi connectivity index (χ3n) is 2.82. The van der Waals surface area contributed by atoms with Gasteiger partial charge in [0.2, 0.25) is 0 Å². The highest BCUT2D eigenvalue weighted by molar-refractivity contribution is 7.45. The predicted octanol–water partition coefficient (Wildman–Crippen LogP) is -0.378. The Morgan fingerprint density at radius 2 is 1.29 bits per heavy atom. The molecule has 4 N–H and O–H groups in total. The number of rotatable bonds is 0. The Hall–Kier alpha value is -0.790. The summed E-state index contributed by atoms with van der Waals surface area (Å²) in [5, 5.41) is 9.34. The van der Waals surface area contributed by atoms with Gasteiger partial charge in [-0.25, -0.2) is 4.57 Å². The molecule has 8 nitrogen and oxygen atoms in total. The van der Waals surface area contributed by atoms with Crippen LogP contribution in [0.5, 0.6) is 0 Å². The molecule has 1 saturated carbocycles. The number of nitrogens with zero attached hydrogens (tertiary/aromatic N) is 1. The number of carbonyl (C=O) groups is 2. The molecule has 1 heterocycles. The van der Waals surface area contributed by atoms with Gasteiger partial charge in [-0.2, -0.15) is 5.06 Å². The minimum Gasteiger partial charge on any atom is -0.303 e. The average Bonchev–Trinajstić information content (AvgIpc) is 2.43. The molecule has 1 aliphatic carbocycles. The Morgan fingerprint density at radius 1 is 1.00 bits per heavy atom. The zero-order valence-corrected chi connectivity index (χ0v) is 9.79. The minimum atomic E-state index is -4.64. The topological polar surface area (TPSA) is 135 Å². The van der Waals surface area contributed by atoms with Crippen LogP contribution >= 0.6 is 7.82 Å². The smallest absolute Gasteiger partial charge is 0.303 e. The summed E-state index contributed by atoms with van der Waals surface area (Å²) in [5.74, 6) is -1.25. The van der Waals surface area contributed by atoms with E-state index in [2.05, 4.69) is 0 Å². The Labute approximate surface area is 97.1 Å². The van der Waals surface area contributed by atoms with E-state index in [0.717, 1.165) is 25.7 Å². The van der Waals surface area contributed by atoms with E-state index in [4.69, 9.17) is 24.5 Å². The SMILES string of the molecule is O=C1C2CCCCC2C(=O)N1O.O=P(O)(O)O. The van der Waals surface area contributed by atoms with Crippen LogP contribution < -0.4 is 0 Å². The molecular weight excluding hydrogens is 253 g/mol. The van der Waals surface area contributed by atoms with Crippen LogP contribution in [0.25, 0.3) is 0 Å². The van der Waals surface area contributed by atoms with Crippen molar-refractivity contribution >= 4 is 19.6 Å². The van der Waals surface area contributed by atoms with Crippen LogP contribution in [0.3, 0.4) is 0 Å². The number of fused-ring (bicyclic) bond motifs is 1. The Balaban J connectivity index is 0.000000249. The van der Waals surface area contributed by atoms with E-state index in [-0.39, 0.29) is 11.8 Å². The zero-order valence-electron chi connectivity index (χ0n) is 8.89. The number of hydroxylamine groups is 2. The zero-order chi connectivity index (χ0) is 13.2. The van der Waals surface area contributed by atoms with Crippen LogP contribution in [-0.2, 0) is 14.2 Å². The second-order valence-corrected chi connectivity index (χ2v) is 5.03. The lowest BCUT2D eigenvalue weighted by Gasteiger charge is -2.19. The van der Waals surface area contributed by atoms with Gasteiger partial charge in [-0.05, 0) is 12.8 Å². The molecule has 1 aliphatic heterocycles. The fraction of sp³-hybridized carbons (Fsp3) is 0.750. The Morgan fingerprint density at radius 3 is 1.59 bits per heavy atom. The maximum Gasteiger partial charge on any atom is 0.466 e. The summed E-state index contributed by atoms with van der Waals surface area (Å²) < 4.78 is 8.88. The lowest BCUT2D eigenvalue weighted by atomic mass is 9.81. The second kappa shape index (κ2) is 5.24. The molecule has 0 aromatic heterocycles. The van der Waals surface area contributed by atoms with Crippen LogP contribution in [0, 0.1) is 11.8 Å². The number of phosphoric acid groups is 1. The molecule has 0 aromatic rings. The third-order valence-corrected chi connectivity index (χ3v) is 2.82. The van der Waals surface area contributed by atoms with E-state index >= 15 is 0 Å². The number of hydrogen-bond donors (Lipinski definition) is 4. The van der Waals surface area contributed by atoms with Crippen molar-refractivity contribution in [3.05, 3.63) is 0 Å². The summed E-state index contributed by atoms with van der Waals surface area (Å²) in [7, 11) is -4.64. The number of carbonyl (C=O) groups excluding carboxylic acids is 2. The third kappa shape index (κ3) is 3.86. The monoisotopic (exact) mass is 267 g/mol. The maximum absolute atomic E-state index is 11.2. The van der Waals surface area contributed by atoms with Gasteiger partial charge in [0.15, 0.2) is 0 Å². The molecule has 2 fully saturated rings. The van der Waals surface area contributed by atoms with Crippen LogP contribution in [0.15, 0.2) is 0 Å². The van der Waals surface area contributed by atoms with Gasteiger partial charge in [0.25, 0.3) is 11.8 Å². The average molecular weight is 267 g/mol. The van der Waals surface area contributed by atoms with Crippen molar-refractivity contribution in [1.29, 1.82) is 0 Å². The van der Waals surface area contributed by atoms with Gasteiger partial charge in [0.05, 0.1) is 11.8 Å². The maximum atomic E-state index is 11.2. The molecule has 2 rings (SSSR count). The van der Waals surface area contributed by atoms with Gasteiger partial charge in [0, 0.05) is 0 Å². The van der Waals surface area contributed by atoms with Crippen LogP contribution in [0.2, 0.25) is 0 Å². The molecule has 2 atom stereocenters. The highest BCUT2D eigenvalue weighted by Crippen LogP contribution is 2.36. The number of hydrogen-bond acceptors (Lipinski definition) is 4. The first kappa shape index (κ1) is 14.3. The summed E-state index contributed by atoms with van der Waals surface area (Å²) in [4.78, 5) is 44.0. The van der Waals surface area contributed by atoms with Gasteiger partial charge in [-0.1, -0.05) is 12.8 Å². The Bertz CT molecular complexity index is 333. The number of imide groups is 1. The van der Waals surface area contributed by atoms with Crippen LogP contribution in [-0.4, -0.2) is 36.8 Å². The highest BCUT2D eigenvalue weighted by atomic mass is 31.2. The lowest BCUT2D eigenvalue weighted by molar-refractivity contribution is -0.173. The summed E-state index contributed by atoms with van der Waals surface area (Å²) in [5.41, 5.74) is 0. The van der Waals surface area contributed by atoms with Gasteiger partial charge in [-0.3, -0.25) is 14.8 Å². The van der Waals surface area contributed by atoms with E-state index in [9.17, 15) is 9.59 Å². The summed E-state index contributed by atoms with van der Waals surface area (Å²) in [6.07, 6.45) is 3.50. The molecule has 1 saturated heterocycles. The molecule has 17 heavy (non-hydrogen) atoms. The van der Waals surface area contributed by atoms with Crippen molar-refractivity contribution in [3.8, 4) is 0 Å². The quantitative estimate of drug-likeness (QED) is 0.267. The van der Waals surface area contributed by atoms with Crippen LogP contribution in [0.4, 0.5) is 0 Å². The molecule has 98 valence electrons. The van der Waals surface area contributed by atoms with Crippen molar-refractivity contribution in [1.82, 2.24) is 5.06 Å². The molecule has 0 spiro atoms. The van der Waals surface area contributed by atoms with Crippen molar-refractivity contribution in [2.24, 2.45) is 11.8 Å². The Kier molecular flexibility index (Phi) is 4.40. The van der Waals surface area contributed by atoms with Crippen LogP contribution in [0.1, 0.15) is 25.7 Å². The molecule has 0 aromatic carbocycles. The summed E-state index contributed by atoms with van der Waals surface area (Å²) >= 11 is 0. The minimum absolute atomic E-state index is 0.226. The normalized spacial score (nSPS) is 28.6. The van der Waals surface area contributed by atoms with E-state index < -0.39 is 19.6 Å². The molecule has 9 heteroatoms. The predicted molar refractivity (Wildman–Crippen MR) is 53.4 cm³/mol. The molecule has 0 radical (unpaired) electrons. The first-order valence-electron chi connectivity index (χ1n) is 5.07.